The summed E-state index contributed by atoms with van der Waals surface area (Å²) in [6, 6.07) is 3.23. The Hall–Kier alpha value is -0.960. The summed E-state index contributed by atoms with van der Waals surface area (Å²) in [6.07, 6.45) is 0.546. The second-order valence-corrected chi connectivity index (χ2v) is 5.01. The first-order valence-electron chi connectivity index (χ1n) is 5.01. The van der Waals surface area contributed by atoms with Crippen LogP contribution in [0.15, 0.2) is 18.2 Å². The first kappa shape index (κ1) is 12.1. The molecule has 0 unspecified atom stereocenters. The summed E-state index contributed by atoms with van der Waals surface area (Å²) in [6.45, 7) is 5.98. The summed E-state index contributed by atoms with van der Waals surface area (Å²) in [5, 5.41) is 0. The zero-order chi connectivity index (χ0) is 11.6. The predicted octanol–water partition coefficient (Wildman–Crippen LogP) is 3.40. The molecule has 1 aromatic carbocycles. The van der Waals surface area contributed by atoms with Crippen LogP contribution >= 0.6 is 0 Å². The van der Waals surface area contributed by atoms with Crippen molar-refractivity contribution in [2.45, 2.75) is 33.2 Å². The molecule has 2 N–H and O–H groups in total. The van der Waals surface area contributed by atoms with Crippen LogP contribution in [0.25, 0.3) is 0 Å². The molecule has 0 aliphatic heterocycles. The molecular formula is C12H17F2N. The number of hydrogen-bond donors (Lipinski definition) is 1. The molecule has 0 fully saturated rings. The Morgan fingerprint density at radius 1 is 1.20 bits per heavy atom. The molecule has 0 aliphatic rings. The maximum absolute atomic E-state index is 13.4. The largest absolute Gasteiger partial charge is 0.324 e. The third-order valence-corrected chi connectivity index (χ3v) is 2.20. The van der Waals surface area contributed by atoms with Crippen molar-refractivity contribution >= 4 is 0 Å². The van der Waals surface area contributed by atoms with E-state index in [-0.39, 0.29) is 11.0 Å². The van der Waals surface area contributed by atoms with Gasteiger partial charge in [-0.15, -0.1) is 0 Å². The summed E-state index contributed by atoms with van der Waals surface area (Å²) in [5.41, 5.74) is 5.75. The van der Waals surface area contributed by atoms with Gasteiger partial charge in [0.1, 0.15) is 11.6 Å². The lowest BCUT2D eigenvalue weighted by Gasteiger charge is -2.23. The van der Waals surface area contributed by atoms with Crippen LogP contribution in [0.5, 0.6) is 0 Å². The lowest BCUT2D eigenvalue weighted by atomic mass is 9.85. The second kappa shape index (κ2) is 4.27. The maximum Gasteiger partial charge on any atom is 0.130 e. The molecule has 0 spiro atoms. The van der Waals surface area contributed by atoms with E-state index in [4.69, 9.17) is 5.73 Å². The Morgan fingerprint density at radius 3 is 2.07 bits per heavy atom. The Labute approximate surface area is 89.3 Å². The van der Waals surface area contributed by atoms with E-state index in [0.717, 1.165) is 0 Å². The molecule has 1 aromatic rings. The van der Waals surface area contributed by atoms with Crippen LogP contribution in [-0.4, -0.2) is 0 Å². The lowest BCUT2D eigenvalue weighted by molar-refractivity contribution is 0.333. The van der Waals surface area contributed by atoms with Crippen molar-refractivity contribution in [2.75, 3.05) is 0 Å². The van der Waals surface area contributed by atoms with Crippen LogP contribution in [0, 0.1) is 17.0 Å². The van der Waals surface area contributed by atoms with E-state index in [1.807, 2.05) is 20.8 Å². The van der Waals surface area contributed by atoms with Gasteiger partial charge in [0.25, 0.3) is 0 Å². The minimum absolute atomic E-state index is 0.00701. The maximum atomic E-state index is 13.4. The number of rotatable bonds is 2. The Kier molecular flexibility index (Phi) is 3.45. The Bertz CT molecular complexity index is 322. The number of hydrogen-bond acceptors (Lipinski definition) is 1. The van der Waals surface area contributed by atoms with Gasteiger partial charge in [-0.05, 0) is 24.0 Å². The third kappa shape index (κ3) is 3.27. The highest BCUT2D eigenvalue weighted by atomic mass is 19.1. The molecule has 0 amide bonds. The summed E-state index contributed by atoms with van der Waals surface area (Å²) in [7, 11) is 0. The van der Waals surface area contributed by atoms with E-state index in [1.54, 1.807) is 0 Å². The molecule has 3 heteroatoms. The predicted molar refractivity (Wildman–Crippen MR) is 57.4 cm³/mol. The quantitative estimate of drug-likeness (QED) is 0.800. The van der Waals surface area contributed by atoms with Crippen LogP contribution in [0.2, 0.25) is 0 Å². The molecule has 1 rings (SSSR count). The first-order valence-corrected chi connectivity index (χ1v) is 5.01. The highest BCUT2D eigenvalue weighted by Crippen LogP contribution is 2.30. The van der Waals surface area contributed by atoms with Crippen LogP contribution < -0.4 is 5.73 Å². The van der Waals surface area contributed by atoms with E-state index >= 15 is 0 Å². The average molecular weight is 213 g/mol. The van der Waals surface area contributed by atoms with Gasteiger partial charge in [0, 0.05) is 11.6 Å². The van der Waals surface area contributed by atoms with E-state index in [2.05, 4.69) is 0 Å². The molecule has 84 valence electrons. The summed E-state index contributed by atoms with van der Waals surface area (Å²) in [5.74, 6) is -1.13. The Balaban J connectivity index is 2.96. The normalized spacial score (nSPS) is 14.0. The molecule has 0 radical (unpaired) electrons. The third-order valence-electron chi connectivity index (χ3n) is 2.20. The van der Waals surface area contributed by atoms with Crippen molar-refractivity contribution < 1.29 is 8.78 Å². The molecule has 0 saturated heterocycles. The minimum atomic E-state index is -0.591. The zero-order valence-corrected chi connectivity index (χ0v) is 9.35. The summed E-state index contributed by atoms with van der Waals surface area (Å²) >= 11 is 0. The van der Waals surface area contributed by atoms with E-state index in [9.17, 15) is 8.78 Å². The molecule has 0 bridgehead atoms. The van der Waals surface area contributed by atoms with Crippen LogP contribution in [0.4, 0.5) is 8.78 Å². The van der Waals surface area contributed by atoms with Gasteiger partial charge in [-0.1, -0.05) is 26.8 Å². The number of benzene rings is 1. The molecule has 0 saturated carbocycles. The highest BCUT2D eigenvalue weighted by molar-refractivity contribution is 5.23. The van der Waals surface area contributed by atoms with Gasteiger partial charge in [-0.2, -0.15) is 0 Å². The number of nitrogens with two attached hydrogens (primary N) is 1. The fraction of sp³-hybridized carbons (Fsp3) is 0.500. The van der Waals surface area contributed by atoms with Gasteiger partial charge in [0.2, 0.25) is 0 Å². The molecule has 0 aliphatic carbocycles. The Morgan fingerprint density at radius 2 is 1.67 bits per heavy atom. The standard InChI is InChI=1S/C12H17F2N/c1-12(2,3)7-10(15)11-8(13)5-4-6-9(11)14/h4-6,10H,7,15H2,1-3H3/t10-/m0/s1. The topological polar surface area (TPSA) is 26.0 Å². The molecule has 1 nitrogen and oxygen atoms in total. The number of halogens is 2. The van der Waals surface area contributed by atoms with Gasteiger partial charge in [-0.25, -0.2) is 8.78 Å². The average Bonchev–Trinajstić information content (AvgIpc) is 1.99. The van der Waals surface area contributed by atoms with E-state index in [0.29, 0.717) is 6.42 Å². The summed E-state index contributed by atoms with van der Waals surface area (Å²) < 4.78 is 26.7. The van der Waals surface area contributed by atoms with Crippen molar-refractivity contribution in [3.8, 4) is 0 Å². The zero-order valence-electron chi connectivity index (χ0n) is 9.35. The fourth-order valence-electron chi connectivity index (χ4n) is 1.63. The van der Waals surface area contributed by atoms with Gasteiger partial charge in [0.15, 0.2) is 0 Å². The first-order chi connectivity index (χ1) is 6.81. The smallest absolute Gasteiger partial charge is 0.130 e. The van der Waals surface area contributed by atoms with Crippen molar-refractivity contribution in [2.24, 2.45) is 11.1 Å². The molecule has 0 aromatic heterocycles. The molecule has 15 heavy (non-hydrogen) atoms. The fourth-order valence-corrected chi connectivity index (χ4v) is 1.63. The van der Waals surface area contributed by atoms with Gasteiger partial charge >= 0.3 is 0 Å². The molecule has 1 atom stereocenters. The van der Waals surface area contributed by atoms with Gasteiger partial charge < -0.3 is 5.73 Å². The van der Waals surface area contributed by atoms with E-state index in [1.165, 1.54) is 18.2 Å². The van der Waals surface area contributed by atoms with E-state index < -0.39 is 17.7 Å². The highest BCUT2D eigenvalue weighted by Gasteiger charge is 2.22. The van der Waals surface area contributed by atoms with Crippen molar-refractivity contribution in [3.05, 3.63) is 35.4 Å². The molecule has 0 heterocycles. The van der Waals surface area contributed by atoms with Crippen LogP contribution in [0.1, 0.15) is 38.8 Å². The van der Waals surface area contributed by atoms with Crippen molar-refractivity contribution in [3.63, 3.8) is 0 Å². The minimum Gasteiger partial charge on any atom is -0.324 e. The summed E-state index contributed by atoms with van der Waals surface area (Å²) in [4.78, 5) is 0. The van der Waals surface area contributed by atoms with Crippen LogP contribution in [0.3, 0.4) is 0 Å². The van der Waals surface area contributed by atoms with Gasteiger partial charge in [0.05, 0.1) is 0 Å². The van der Waals surface area contributed by atoms with Crippen LogP contribution in [-0.2, 0) is 0 Å². The van der Waals surface area contributed by atoms with Crippen molar-refractivity contribution in [1.29, 1.82) is 0 Å². The van der Waals surface area contributed by atoms with Gasteiger partial charge in [-0.3, -0.25) is 0 Å². The lowest BCUT2D eigenvalue weighted by Crippen LogP contribution is -2.21. The van der Waals surface area contributed by atoms with Crippen molar-refractivity contribution in [1.82, 2.24) is 0 Å². The second-order valence-electron chi connectivity index (χ2n) is 5.01. The monoisotopic (exact) mass is 213 g/mol. The SMILES string of the molecule is CC(C)(C)C[C@H](N)c1c(F)cccc1F. The molecular weight excluding hydrogens is 196 g/mol.